The number of aliphatic hydroxyl groups is 1. The standard InChI is InChI=1S/C16H27NO7/c1-6-22-13(19)11-9(8-18)10(11)12(14(20)23-7-2)17-15(21)24-16(3,4)5/h9-12,18H,6-8H2,1-5H3,(H,17,21)/t9-,10+,11+,12+/m0/s1. The molecule has 1 rings (SSSR count). The molecular formula is C16H27NO7. The van der Waals surface area contributed by atoms with E-state index in [4.69, 9.17) is 14.2 Å². The number of ether oxygens (including phenoxy) is 3. The average Bonchev–Trinajstić information content (AvgIpc) is 3.17. The molecule has 8 nitrogen and oxygen atoms in total. The van der Waals surface area contributed by atoms with E-state index >= 15 is 0 Å². The smallest absolute Gasteiger partial charge is 0.408 e. The molecule has 2 N–H and O–H groups in total. The number of nitrogens with one attached hydrogen (secondary N) is 1. The fourth-order valence-corrected chi connectivity index (χ4v) is 2.64. The van der Waals surface area contributed by atoms with Crippen molar-refractivity contribution < 1.29 is 33.7 Å². The predicted octanol–water partition coefficient (Wildman–Crippen LogP) is 0.860. The summed E-state index contributed by atoms with van der Waals surface area (Å²) >= 11 is 0. The van der Waals surface area contributed by atoms with E-state index in [2.05, 4.69) is 5.32 Å². The van der Waals surface area contributed by atoms with Gasteiger partial charge in [-0.05, 0) is 34.6 Å². The van der Waals surface area contributed by atoms with Crippen LogP contribution in [0.1, 0.15) is 34.6 Å². The lowest BCUT2D eigenvalue weighted by Gasteiger charge is -2.23. The zero-order chi connectivity index (χ0) is 18.5. The Balaban J connectivity index is 2.88. The highest BCUT2D eigenvalue weighted by molar-refractivity contribution is 5.85. The molecule has 4 atom stereocenters. The lowest BCUT2D eigenvalue weighted by atomic mass is 10.1. The Labute approximate surface area is 141 Å². The number of alkyl carbamates (subject to hydrolysis) is 1. The number of hydrogen-bond acceptors (Lipinski definition) is 7. The van der Waals surface area contributed by atoms with Gasteiger partial charge in [-0.2, -0.15) is 0 Å². The molecule has 1 fully saturated rings. The summed E-state index contributed by atoms with van der Waals surface area (Å²) in [5.74, 6) is -2.87. The highest BCUT2D eigenvalue weighted by Gasteiger charge is 2.61. The second kappa shape index (κ2) is 8.32. The fraction of sp³-hybridized carbons (Fsp3) is 0.812. The Kier molecular flexibility index (Phi) is 7.01. The van der Waals surface area contributed by atoms with Crippen LogP contribution in [0.2, 0.25) is 0 Å². The van der Waals surface area contributed by atoms with Gasteiger partial charge in [0.05, 0.1) is 19.1 Å². The van der Waals surface area contributed by atoms with Crippen molar-refractivity contribution in [2.24, 2.45) is 17.8 Å². The van der Waals surface area contributed by atoms with Gasteiger partial charge in [0, 0.05) is 18.4 Å². The highest BCUT2D eigenvalue weighted by Crippen LogP contribution is 2.49. The zero-order valence-corrected chi connectivity index (χ0v) is 14.8. The van der Waals surface area contributed by atoms with Gasteiger partial charge in [0.2, 0.25) is 0 Å². The van der Waals surface area contributed by atoms with Gasteiger partial charge in [-0.1, -0.05) is 0 Å². The van der Waals surface area contributed by atoms with Crippen LogP contribution in [-0.2, 0) is 23.8 Å². The minimum absolute atomic E-state index is 0.131. The van der Waals surface area contributed by atoms with Crippen molar-refractivity contribution in [3.8, 4) is 0 Å². The molecule has 1 amide bonds. The first-order valence-corrected chi connectivity index (χ1v) is 8.09. The molecule has 0 aromatic carbocycles. The van der Waals surface area contributed by atoms with E-state index in [1.807, 2.05) is 0 Å². The number of esters is 2. The molecular weight excluding hydrogens is 318 g/mol. The zero-order valence-electron chi connectivity index (χ0n) is 14.8. The molecule has 1 aliphatic rings. The Morgan fingerprint density at radius 3 is 2.17 bits per heavy atom. The van der Waals surface area contributed by atoms with Crippen molar-refractivity contribution in [3.05, 3.63) is 0 Å². The normalized spacial score (nSPS) is 23.8. The monoisotopic (exact) mass is 345 g/mol. The average molecular weight is 345 g/mol. The fourth-order valence-electron chi connectivity index (χ4n) is 2.64. The van der Waals surface area contributed by atoms with Crippen LogP contribution in [0.5, 0.6) is 0 Å². The van der Waals surface area contributed by atoms with Crippen LogP contribution >= 0.6 is 0 Å². The Morgan fingerprint density at radius 1 is 1.12 bits per heavy atom. The van der Waals surface area contributed by atoms with Gasteiger partial charge in [-0.25, -0.2) is 9.59 Å². The number of aliphatic hydroxyl groups excluding tert-OH is 1. The predicted molar refractivity (Wildman–Crippen MR) is 84.0 cm³/mol. The van der Waals surface area contributed by atoms with Gasteiger partial charge in [0.25, 0.3) is 0 Å². The summed E-state index contributed by atoms with van der Waals surface area (Å²) in [6.45, 7) is 8.44. The summed E-state index contributed by atoms with van der Waals surface area (Å²) in [6.07, 6.45) is -0.785. The molecule has 1 saturated carbocycles. The van der Waals surface area contributed by atoms with Gasteiger partial charge in [0.1, 0.15) is 11.6 Å². The maximum absolute atomic E-state index is 12.2. The van der Waals surface area contributed by atoms with Crippen LogP contribution in [0.25, 0.3) is 0 Å². The molecule has 0 aromatic heterocycles. The summed E-state index contributed by atoms with van der Waals surface area (Å²) in [5.41, 5.74) is -0.732. The van der Waals surface area contributed by atoms with Crippen LogP contribution in [-0.4, -0.2) is 54.6 Å². The largest absolute Gasteiger partial charge is 0.466 e. The van der Waals surface area contributed by atoms with Crippen molar-refractivity contribution in [3.63, 3.8) is 0 Å². The van der Waals surface area contributed by atoms with Crippen LogP contribution in [0.3, 0.4) is 0 Å². The minimum atomic E-state index is -1.08. The second-order valence-corrected chi connectivity index (χ2v) is 6.58. The van der Waals surface area contributed by atoms with Crippen molar-refractivity contribution >= 4 is 18.0 Å². The van der Waals surface area contributed by atoms with Gasteiger partial charge >= 0.3 is 18.0 Å². The quantitative estimate of drug-likeness (QED) is 0.520. The molecule has 0 aromatic rings. The SMILES string of the molecule is CCOC(=O)[C@@H]1[C@@H](CO)[C@H]1[C@@H](NC(=O)OC(C)(C)C)C(=O)OCC. The Bertz CT molecular complexity index is 472. The lowest BCUT2D eigenvalue weighted by Crippen LogP contribution is -2.46. The van der Waals surface area contributed by atoms with Crippen LogP contribution in [0, 0.1) is 17.8 Å². The molecule has 138 valence electrons. The highest BCUT2D eigenvalue weighted by atomic mass is 16.6. The van der Waals surface area contributed by atoms with Gasteiger partial charge in [-0.15, -0.1) is 0 Å². The molecule has 1 aliphatic carbocycles. The maximum atomic E-state index is 12.2. The number of carbonyl (C=O) groups excluding carboxylic acids is 3. The van der Waals surface area contributed by atoms with E-state index in [1.165, 1.54) is 0 Å². The molecule has 0 radical (unpaired) electrons. The molecule has 0 bridgehead atoms. The molecule has 0 saturated heterocycles. The first kappa shape index (κ1) is 20.2. The Hall–Kier alpha value is -1.83. The van der Waals surface area contributed by atoms with Crippen molar-refractivity contribution in [1.82, 2.24) is 5.32 Å². The summed E-state index contributed by atoms with van der Waals surface area (Å²) < 4.78 is 15.1. The van der Waals surface area contributed by atoms with Crippen LogP contribution < -0.4 is 5.32 Å². The summed E-state index contributed by atoms with van der Waals surface area (Å²) in [5, 5.41) is 11.9. The van der Waals surface area contributed by atoms with Gasteiger partial charge in [0.15, 0.2) is 0 Å². The first-order valence-electron chi connectivity index (χ1n) is 8.09. The van der Waals surface area contributed by atoms with E-state index in [0.717, 1.165) is 0 Å². The minimum Gasteiger partial charge on any atom is -0.466 e. The van der Waals surface area contributed by atoms with Crippen molar-refractivity contribution in [2.75, 3.05) is 19.8 Å². The first-order chi connectivity index (χ1) is 11.2. The van der Waals surface area contributed by atoms with Crippen LogP contribution in [0.4, 0.5) is 4.79 Å². The van der Waals surface area contributed by atoms with Gasteiger partial charge < -0.3 is 24.6 Å². The number of hydrogen-bond donors (Lipinski definition) is 2. The summed E-state index contributed by atoms with van der Waals surface area (Å²) in [6, 6.07) is -1.08. The number of amides is 1. The molecule has 24 heavy (non-hydrogen) atoms. The molecule has 0 spiro atoms. The summed E-state index contributed by atoms with van der Waals surface area (Å²) in [7, 11) is 0. The van der Waals surface area contributed by atoms with Crippen molar-refractivity contribution in [1.29, 1.82) is 0 Å². The van der Waals surface area contributed by atoms with E-state index in [1.54, 1.807) is 34.6 Å². The summed E-state index contributed by atoms with van der Waals surface area (Å²) in [4.78, 5) is 36.1. The molecule has 0 aliphatic heterocycles. The maximum Gasteiger partial charge on any atom is 0.408 e. The van der Waals surface area contributed by atoms with E-state index in [9.17, 15) is 19.5 Å². The molecule has 0 unspecified atom stereocenters. The van der Waals surface area contributed by atoms with Gasteiger partial charge in [-0.3, -0.25) is 4.79 Å². The third kappa shape index (κ3) is 5.36. The molecule has 0 heterocycles. The van der Waals surface area contributed by atoms with Crippen molar-refractivity contribution in [2.45, 2.75) is 46.3 Å². The van der Waals surface area contributed by atoms with Crippen LogP contribution in [0.15, 0.2) is 0 Å². The third-order valence-corrected chi connectivity index (χ3v) is 3.60. The number of rotatable bonds is 7. The van der Waals surface area contributed by atoms with E-state index in [0.29, 0.717) is 0 Å². The van der Waals surface area contributed by atoms with E-state index in [-0.39, 0.29) is 19.8 Å². The Morgan fingerprint density at radius 2 is 1.71 bits per heavy atom. The third-order valence-electron chi connectivity index (χ3n) is 3.60. The topological polar surface area (TPSA) is 111 Å². The number of carbonyl (C=O) groups is 3. The molecule has 8 heteroatoms. The van der Waals surface area contributed by atoms with E-state index < -0.39 is 47.4 Å². The lowest BCUT2D eigenvalue weighted by molar-refractivity contribution is -0.147. The second-order valence-electron chi connectivity index (χ2n) is 6.58.